The summed E-state index contributed by atoms with van der Waals surface area (Å²) in [5, 5.41) is 11.8. The highest BCUT2D eigenvalue weighted by molar-refractivity contribution is 6.04. The van der Waals surface area contributed by atoms with Crippen LogP contribution in [0.4, 0.5) is 19.0 Å². The number of halogens is 3. The molecule has 222 valence electrons. The first-order valence-electron chi connectivity index (χ1n) is 14.6. The summed E-state index contributed by atoms with van der Waals surface area (Å²) in [6.07, 6.45) is 7.69. The molecular formula is C33H31F3N4O3. The van der Waals surface area contributed by atoms with E-state index in [-0.39, 0.29) is 40.6 Å². The number of aromatic nitrogens is 2. The molecule has 43 heavy (non-hydrogen) atoms. The summed E-state index contributed by atoms with van der Waals surface area (Å²) < 4.78 is 57.7. The number of benzene rings is 3. The van der Waals surface area contributed by atoms with Crippen LogP contribution in [0.2, 0.25) is 0 Å². The van der Waals surface area contributed by atoms with Crippen LogP contribution in [-0.4, -0.2) is 77.7 Å². The van der Waals surface area contributed by atoms with Crippen LogP contribution in [0.3, 0.4) is 0 Å². The predicted octanol–water partition coefficient (Wildman–Crippen LogP) is 5.60. The van der Waals surface area contributed by atoms with Gasteiger partial charge in [-0.3, -0.25) is 4.90 Å². The van der Waals surface area contributed by atoms with Crippen molar-refractivity contribution in [1.82, 2.24) is 14.9 Å². The number of phenolic OH excluding ortho intramolecular Hbond substituents is 1. The molecule has 7 nitrogen and oxygen atoms in total. The number of rotatable bonds is 5. The van der Waals surface area contributed by atoms with Crippen molar-refractivity contribution < 1.29 is 27.8 Å². The fourth-order valence-electron chi connectivity index (χ4n) is 7.02. The average molecular weight is 589 g/mol. The van der Waals surface area contributed by atoms with Gasteiger partial charge in [-0.05, 0) is 61.0 Å². The van der Waals surface area contributed by atoms with Gasteiger partial charge in [0.05, 0.1) is 17.7 Å². The van der Waals surface area contributed by atoms with Gasteiger partial charge in [-0.25, -0.2) is 13.2 Å². The minimum Gasteiger partial charge on any atom is -0.508 e. The number of anilines is 1. The Morgan fingerprint density at radius 3 is 2.81 bits per heavy atom. The highest BCUT2D eigenvalue weighted by atomic mass is 19.1. The molecule has 0 saturated carbocycles. The van der Waals surface area contributed by atoms with E-state index in [1.54, 1.807) is 12.1 Å². The molecule has 1 aromatic heterocycles. The molecule has 4 aromatic rings. The van der Waals surface area contributed by atoms with E-state index in [9.17, 15) is 13.9 Å². The molecule has 0 unspecified atom stereocenters. The van der Waals surface area contributed by atoms with E-state index in [1.807, 2.05) is 4.90 Å². The molecule has 10 heteroatoms. The Kier molecular flexibility index (Phi) is 7.02. The van der Waals surface area contributed by atoms with Gasteiger partial charge >= 0.3 is 6.01 Å². The molecule has 2 atom stereocenters. The Morgan fingerprint density at radius 2 is 1.95 bits per heavy atom. The maximum atomic E-state index is 16.7. The Labute approximate surface area is 247 Å². The molecule has 3 aromatic carbocycles. The minimum absolute atomic E-state index is 0.00312. The quantitative estimate of drug-likeness (QED) is 0.305. The lowest BCUT2D eigenvalue weighted by molar-refractivity contribution is 0.107. The maximum Gasteiger partial charge on any atom is 0.319 e. The zero-order valence-electron chi connectivity index (χ0n) is 23.6. The second-order valence-electron chi connectivity index (χ2n) is 11.6. The van der Waals surface area contributed by atoms with Crippen molar-refractivity contribution in [2.45, 2.75) is 37.4 Å². The summed E-state index contributed by atoms with van der Waals surface area (Å²) in [6.45, 7) is 3.71. The van der Waals surface area contributed by atoms with Crippen molar-refractivity contribution in [2.24, 2.45) is 0 Å². The summed E-state index contributed by atoms with van der Waals surface area (Å²) in [5.74, 6) is 1.49. The van der Waals surface area contributed by atoms with Crippen LogP contribution >= 0.6 is 0 Å². The van der Waals surface area contributed by atoms with Gasteiger partial charge in [0.25, 0.3) is 0 Å². The molecule has 0 bridgehead atoms. The van der Waals surface area contributed by atoms with E-state index >= 15 is 4.39 Å². The van der Waals surface area contributed by atoms with Crippen molar-refractivity contribution in [1.29, 1.82) is 0 Å². The Morgan fingerprint density at radius 1 is 1.07 bits per heavy atom. The van der Waals surface area contributed by atoms with E-state index in [4.69, 9.17) is 20.9 Å². The number of hydrogen-bond acceptors (Lipinski definition) is 7. The lowest BCUT2D eigenvalue weighted by Gasteiger charge is -2.31. The predicted molar refractivity (Wildman–Crippen MR) is 158 cm³/mol. The van der Waals surface area contributed by atoms with Crippen LogP contribution in [-0.2, 0) is 4.74 Å². The minimum atomic E-state index is -0.913. The maximum absolute atomic E-state index is 16.7. The fourth-order valence-corrected chi connectivity index (χ4v) is 7.02. The summed E-state index contributed by atoms with van der Waals surface area (Å²) in [7, 11) is 0. The Hall–Kier alpha value is -4.07. The molecule has 4 heterocycles. The molecule has 3 fully saturated rings. The molecule has 0 spiro atoms. The summed E-state index contributed by atoms with van der Waals surface area (Å²) >= 11 is 0. The van der Waals surface area contributed by atoms with Gasteiger partial charge in [0, 0.05) is 49.0 Å². The zero-order chi connectivity index (χ0) is 29.7. The van der Waals surface area contributed by atoms with Crippen LogP contribution in [0.25, 0.3) is 32.8 Å². The van der Waals surface area contributed by atoms with Gasteiger partial charge in [-0.2, -0.15) is 9.97 Å². The van der Waals surface area contributed by atoms with E-state index in [2.05, 4.69) is 15.8 Å². The van der Waals surface area contributed by atoms with Crippen molar-refractivity contribution in [3.63, 3.8) is 0 Å². The average Bonchev–Trinajstić information content (AvgIpc) is 3.37. The fraction of sp³-hybridized carbons (Fsp3) is 0.394. The number of ether oxygens (including phenoxy) is 2. The summed E-state index contributed by atoms with van der Waals surface area (Å²) in [4.78, 5) is 13.5. The molecule has 3 aliphatic rings. The molecular weight excluding hydrogens is 557 g/mol. The molecule has 7 rings (SSSR count). The topological polar surface area (TPSA) is 71.0 Å². The van der Waals surface area contributed by atoms with Gasteiger partial charge in [0.15, 0.2) is 5.82 Å². The van der Waals surface area contributed by atoms with Gasteiger partial charge in [-0.15, -0.1) is 6.42 Å². The lowest BCUT2D eigenvalue weighted by atomic mass is 9.93. The van der Waals surface area contributed by atoms with Crippen LogP contribution in [0.15, 0.2) is 36.4 Å². The lowest BCUT2D eigenvalue weighted by Crippen LogP contribution is -2.43. The van der Waals surface area contributed by atoms with Crippen LogP contribution < -0.4 is 9.64 Å². The molecule has 0 radical (unpaired) electrons. The monoisotopic (exact) mass is 588 g/mol. The Bertz CT molecular complexity index is 1770. The summed E-state index contributed by atoms with van der Waals surface area (Å²) in [6, 6.07) is 8.87. The van der Waals surface area contributed by atoms with Crippen LogP contribution in [0, 0.1) is 24.0 Å². The third-order valence-electron chi connectivity index (χ3n) is 9.00. The largest absolute Gasteiger partial charge is 0.508 e. The number of hydrogen-bond donors (Lipinski definition) is 1. The first kappa shape index (κ1) is 27.7. The molecule has 0 amide bonds. The number of phenols is 1. The molecule has 3 aliphatic heterocycles. The van der Waals surface area contributed by atoms with Gasteiger partial charge < -0.3 is 19.5 Å². The third kappa shape index (κ3) is 4.81. The molecule has 3 saturated heterocycles. The number of nitrogens with zero attached hydrogens (tertiary/aromatic N) is 4. The highest BCUT2D eigenvalue weighted by Crippen LogP contribution is 2.42. The normalized spacial score (nSPS) is 22.6. The third-order valence-corrected chi connectivity index (χ3v) is 9.00. The first-order chi connectivity index (χ1) is 20.9. The standard InChI is InChI=1S/C33H31F3N4O3/c1-2-23-27(35)8-5-20-15-22(41)16-26(28(20)23)24-6-7-25-30(29(24)36)37-32(38-31(25)39-10-4-13-42-14-12-39)43-19-33-9-3-11-40(33)18-21(34)17-33/h1,5-8,15-16,21,41H,3-4,9-14,17-19H2/t21-,33+/m1/s1. The van der Waals surface area contributed by atoms with Crippen molar-refractivity contribution in [3.8, 4) is 35.2 Å². The second-order valence-corrected chi connectivity index (χ2v) is 11.6. The molecule has 0 aliphatic carbocycles. The Balaban J connectivity index is 1.38. The van der Waals surface area contributed by atoms with Crippen LogP contribution in [0.5, 0.6) is 11.8 Å². The van der Waals surface area contributed by atoms with E-state index in [0.717, 1.165) is 25.8 Å². The van der Waals surface area contributed by atoms with Gasteiger partial charge in [-0.1, -0.05) is 18.1 Å². The van der Waals surface area contributed by atoms with E-state index in [0.29, 0.717) is 61.2 Å². The summed E-state index contributed by atoms with van der Waals surface area (Å²) in [5.41, 5.74) is -0.0827. The second kappa shape index (κ2) is 10.9. The van der Waals surface area contributed by atoms with E-state index in [1.165, 1.54) is 24.3 Å². The van der Waals surface area contributed by atoms with Crippen LogP contribution in [0.1, 0.15) is 31.2 Å². The SMILES string of the molecule is C#Cc1c(F)ccc2cc(O)cc(-c3ccc4c(N5CCCOCC5)nc(OC[C@@]56CCCN5C[C@H](F)C6)nc4c3F)c12. The molecule has 1 N–H and O–H groups in total. The van der Waals surface area contributed by atoms with Gasteiger partial charge in [0.2, 0.25) is 0 Å². The number of alkyl halides is 1. The van der Waals surface area contributed by atoms with Crippen molar-refractivity contribution in [3.05, 3.63) is 53.6 Å². The van der Waals surface area contributed by atoms with Gasteiger partial charge in [0.1, 0.15) is 35.7 Å². The first-order valence-corrected chi connectivity index (χ1v) is 14.6. The van der Waals surface area contributed by atoms with Crippen molar-refractivity contribution in [2.75, 3.05) is 50.9 Å². The zero-order valence-corrected chi connectivity index (χ0v) is 23.6. The number of terminal acetylenes is 1. The smallest absolute Gasteiger partial charge is 0.319 e. The van der Waals surface area contributed by atoms with Crippen molar-refractivity contribution >= 4 is 27.5 Å². The highest BCUT2D eigenvalue weighted by Gasteiger charge is 2.49. The number of fused-ring (bicyclic) bond motifs is 3. The van der Waals surface area contributed by atoms with E-state index < -0.39 is 23.3 Å². The number of aromatic hydroxyl groups is 1.